The van der Waals surface area contributed by atoms with E-state index in [1.165, 1.54) is 0 Å². The van der Waals surface area contributed by atoms with E-state index >= 15 is 0 Å². The zero-order valence-corrected chi connectivity index (χ0v) is 6.38. The first-order valence-corrected chi connectivity index (χ1v) is 3.41. The summed E-state index contributed by atoms with van der Waals surface area (Å²) in [6, 6.07) is 1.72. The molecule has 0 spiro atoms. The number of fused-ring (bicyclic) bond motifs is 1. The quantitative estimate of drug-likeness (QED) is 0.447. The standard InChI is InChI=1S/C6H3BN2OS/c7-6-9-5-4(10-6)1-3(11)2-8-5/h1-2,11H. The summed E-state index contributed by atoms with van der Waals surface area (Å²) in [5, 5.41) is 0. The minimum absolute atomic E-state index is 0.131. The Morgan fingerprint density at radius 1 is 1.55 bits per heavy atom. The normalized spacial score (nSPS) is 10.6. The van der Waals surface area contributed by atoms with Gasteiger partial charge in [0.05, 0.1) is 0 Å². The zero-order chi connectivity index (χ0) is 7.84. The van der Waals surface area contributed by atoms with Gasteiger partial charge in [-0.2, -0.15) is 0 Å². The molecule has 2 radical (unpaired) electrons. The molecule has 0 aromatic carbocycles. The topological polar surface area (TPSA) is 38.9 Å². The highest BCUT2D eigenvalue weighted by atomic mass is 32.1. The van der Waals surface area contributed by atoms with Crippen molar-refractivity contribution in [1.82, 2.24) is 9.97 Å². The highest BCUT2D eigenvalue weighted by molar-refractivity contribution is 7.80. The van der Waals surface area contributed by atoms with Crippen LogP contribution in [-0.4, -0.2) is 17.8 Å². The van der Waals surface area contributed by atoms with Crippen molar-refractivity contribution in [3.8, 4) is 0 Å². The number of hydrogen-bond acceptors (Lipinski definition) is 4. The Morgan fingerprint density at radius 2 is 2.36 bits per heavy atom. The summed E-state index contributed by atoms with van der Waals surface area (Å²) in [5.74, 6) is 0.131. The summed E-state index contributed by atoms with van der Waals surface area (Å²) in [5.41, 5.74) is 1.08. The molecule has 0 aliphatic carbocycles. The monoisotopic (exact) mass is 162 g/mol. The third kappa shape index (κ3) is 1.11. The van der Waals surface area contributed by atoms with Crippen LogP contribution >= 0.6 is 12.6 Å². The third-order valence-electron chi connectivity index (χ3n) is 1.25. The van der Waals surface area contributed by atoms with Gasteiger partial charge in [0.15, 0.2) is 19.1 Å². The molecule has 0 atom stereocenters. The number of nitrogens with zero attached hydrogens (tertiary/aromatic N) is 2. The molecule has 0 saturated heterocycles. The Kier molecular flexibility index (Phi) is 1.39. The van der Waals surface area contributed by atoms with E-state index in [-0.39, 0.29) is 5.79 Å². The van der Waals surface area contributed by atoms with Crippen molar-refractivity contribution >= 4 is 37.5 Å². The number of pyridine rings is 1. The van der Waals surface area contributed by atoms with Crippen molar-refractivity contribution < 1.29 is 4.42 Å². The Balaban J connectivity index is 2.82. The fourth-order valence-electron chi connectivity index (χ4n) is 0.826. The zero-order valence-electron chi connectivity index (χ0n) is 5.48. The van der Waals surface area contributed by atoms with E-state index in [2.05, 4.69) is 22.6 Å². The highest BCUT2D eigenvalue weighted by Crippen LogP contribution is 2.11. The van der Waals surface area contributed by atoms with Gasteiger partial charge in [-0.3, -0.25) is 0 Å². The lowest BCUT2D eigenvalue weighted by Crippen LogP contribution is -1.99. The first-order valence-electron chi connectivity index (χ1n) is 2.97. The molecule has 0 aliphatic rings. The van der Waals surface area contributed by atoms with Gasteiger partial charge in [0.25, 0.3) is 0 Å². The van der Waals surface area contributed by atoms with E-state index in [1.54, 1.807) is 12.3 Å². The van der Waals surface area contributed by atoms with Crippen LogP contribution in [0.4, 0.5) is 0 Å². The van der Waals surface area contributed by atoms with Crippen LogP contribution in [-0.2, 0) is 0 Å². The minimum Gasteiger partial charge on any atom is -0.451 e. The second kappa shape index (κ2) is 2.27. The fraction of sp³-hybridized carbons (Fsp3) is 0. The third-order valence-corrected chi connectivity index (χ3v) is 1.49. The second-order valence-corrected chi connectivity index (χ2v) is 2.58. The first-order chi connectivity index (χ1) is 5.25. The molecule has 52 valence electrons. The smallest absolute Gasteiger partial charge is 0.197 e. The van der Waals surface area contributed by atoms with Gasteiger partial charge in [0.2, 0.25) is 0 Å². The molecular weight excluding hydrogens is 159 g/mol. The average molecular weight is 162 g/mol. The van der Waals surface area contributed by atoms with Gasteiger partial charge < -0.3 is 4.42 Å². The maximum Gasteiger partial charge on any atom is 0.197 e. The molecule has 0 amide bonds. The van der Waals surface area contributed by atoms with Crippen LogP contribution in [0.5, 0.6) is 0 Å². The average Bonchev–Trinajstić information content (AvgIpc) is 2.27. The van der Waals surface area contributed by atoms with E-state index in [4.69, 9.17) is 12.3 Å². The molecule has 5 heteroatoms. The summed E-state index contributed by atoms with van der Waals surface area (Å²) >= 11 is 4.08. The Labute approximate surface area is 69.7 Å². The van der Waals surface area contributed by atoms with Gasteiger partial charge in [-0.05, 0) is 6.07 Å². The van der Waals surface area contributed by atoms with Gasteiger partial charge in [0.1, 0.15) is 5.79 Å². The minimum atomic E-state index is 0.131. The molecule has 3 nitrogen and oxygen atoms in total. The molecule has 2 aromatic rings. The molecular formula is C6H3BN2OS. The molecule has 11 heavy (non-hydrogen) atoms. The maximum atomic E-state index is 5.30. The van der Waals surface area contributed by atoms with Crippen LogP contribution in [0.15, 0.2) is 21.6 Å². The van der Waals surface area contributed by atoms with Gasteiger partial charge in [-0.15, -0.1) is 12.6 Å². The van der Waals surface area contributed by atoms with E-state index in [0.717, 1.165) is 4.90 Å². The van der Waals surface area contributed by atoms with Gasteiger partial charge in [-0.1, -0.05) is 0 Å². The summed E-state index contributed by atoms with van der Waals surface area (Å²) in [6.45, 7) is 0. The molecule has 0 aliphatic heterocycles. The number of hydrogen-bond donors (Lipinski definition) is 1. The predicted molar refractivity (Wildman–Crippen MR) is 44.4 cm³/mol. The summed E-state index contributed by atoms with van der Waals surface area (Å²) in [7, 11) is 5.30. The molecule has 0 bridgehead atoms. The van der Waals surface area contributed by atoms with Crippen LogP contribution in [0, 0.1) is 0 Å². The fourth-order valence-corrected chi connectivity index (χ4v) is 1.00. The highest BCUT2D eigenvalue weighted by Gasteiger charge is 2.01. The molecule has 0 fully saturated rings. The van der Waals surface area contributed by atoms with E-state index in [9.17, 15) is 0 Å². The molecule has 0 unspecified atom stereocenters. The summed E-state index contributed by atoms with van der Waals surface area (Å²) in [4.78, 5) is 8.49. The Morgan fingerprint density at radius 3 is 3.18 bits per heavy atom. The van der Waals surface area contributed by atoms with E-state index in [0.29, 0.717) is 11.2 Å². The molecule has 2 aromatic heterocycles. The number of oxazole rings is 1. The molecule has 0 saturated carbocycles. The maximum absolute atomic E-state index is 5.30. The van der Waals surface area contributed by atoms with Crippen molar-refractivity contribution in [3.05, 3.63) is 12.3 Å². The Hall–Kier alpha value is -0.965. The lowest BCUT2D eigenvalue weighted by atomic mass is 10.2. The van der Waals surface area contributed by atoms with Crippen LogP contribution < -0.4 is 5.79 Å². The van der Waals surface area contributed by atoms with Crippen molar-refractivity contribution in [2.75, 3.05) is 0 Å². The summed E-state index contributed by atoms with van der Waals surface area (Å²) in [6.07, 6.45) is 1.59. The van der Waals surface area contributed by atoms with Crippen molar-refractivity contribution in [3.63, 3.8) is 0 Å². The number of thiol groups is 1. The Bertz CT molecular complexity index is 400. The molecule has 2 heterocycles. The van der Waals surface area contributed by atoms with E-state index < -0.39 is 0 Å². The van der Waals surface area contributed by atoms with Crippen molar-refractivity contribution in [2.24, 2.45) is 0 Å². The predicted octanol–water partition coefficient (Wildman–Crippen LogP) is 0.305. The largest absolute Gasteiger partial charge is 0.451 e. The van der Waals surface area contributed by atoms with Gasteiger partial charge in [-0.25, -0.2) is 9.97 Å². The van der Waals surface area contributed by atoms with Crippen LogP contribution in [0.1, 0.15) is 0 Å². The lowest BCUT2D eigenvalue weighted by Gasteiger charge is -1.86. The number of rotatable bonds is 0. The SMILES string of the molecule is [B]c1nc2ncc(S)cc2o1. The van der Waals surface area contributed by atoms with Crippen molar-refractivity contribution in [2.45, 2.75) is 4.90 Å². The number of aromatic nitrogens is 2. The van der Waals surface area contributed by atoms with Crippen LogP contribution in [0.25, 0.3) is 11.2 Å². The van der Waals surface area contributed by atoms with E-state index in [1.807, 2.05) is 0 Å². The molecule has 0 N–H and O–H groups in total. The van der Waals surface area contributed by atoms with Crippen LogP contribution in [0.2, 0.25) is 0 Å². The van der Waals surface area contributed by atoms with Gasteiger partial charge in [0, 0.05) is 11.1 Å². The van der Waals surface area contributed by atoms with Crippen molar-refractivity contribution in [1.29, 1.82) is 0 Å². The van der Waals surface area contributed by atoms with Gasteiger partial charge >= 0.3 is 0 Å². The lowest BCUT2D eigenvalue weighted by molar-refractivity contribution is 0.643. The van der Waals surface area contributed by atoms with Crippen LogP contribution in [0.3, 0.4) is 0 Å². The molecule has 2 rings (SSSR count). The summed E-state index contributed by atoms with van der Waals surface area (Å²) < 4.78 is 5.00. The first kappa shape index (κ1) is 6.73. The second-order valence-electron chi connectivity index (χ2n) is 2.07.